The number of piperidine rings is 1. The Kier molecular flexibility index (Phi) is 4.84. The second-order valence-electron chi connectivity index (χ2n) is 7.04. The van der Waals surface area contributed by atoms with Crippen molar-refractivity contribution in [2.45, 2.75) is 32.6 Å². The Labute approximate surface area is 153 Å². The quantitative estimate of drug-likeness (QED) is 0.758. The molecule has 0 aliphatic carbocycles. The Morgan fingerprint density at radius 2 is 2.04 bits per heavy atom. The number of fused-ring (bicyclic) bond motifs is 1. The molecule has 0 amide bonds. The van der Waals surface area contributed by atoms with Crippen LogP contribution in [0.4, 0.5) is 5.82 Å². The van der Waals surface area contributed by atoms with Crippen molar-refractivity contribution in [1.29, 1.82) is 0 Å². The number of hydrogen-bond donors (Lipinski definition) is 1. The van der Waals surface area contributed by atoms with Gasteiger partial charge in [-0.05, 0) is 44.7 Å². The van der Waals surface area contributed by atoms with E-state index in [1.54, 1.807) is 0 Å². The van der Waals surface area contributed by atoms with Gasteiger partial charge in [-0.1, -0.05) is 35.5 Å². The maximum atomic E-state index is 5.28. The minimum absolute atomic E-state index is 0.555. The number of aryl methyl sites for hydroxylation is 2. The second-order valence-corrected chi connectivity index (χ2v) is 7.04. The minimum Gasteiger partial charge on any atom is -0.368 e. The van der Waals surface area contributed by atoms with Gasteiger partial charge in [0.15, 0.2) is 0 Å². The Morgan fingerprint density at radius 3 is 2.88 bits per heavy atom. The lowest BCUT2D eigenvalue weighted by Crippen LogP contribution is -2.37. The summed E-state index contributed by atoms with van der Waals surface area (Å²) in [5.41, 5.74) is 2.84. The molecule has 4 rings (SSSR count). The summed E-state index contributed by atoms with van der Waals surface area (Å²) in [5, 5.41) is 8.36. The third kappa shape index (κ3) is 3.55. The van der Waals surface area contributed by atoms with Gasteiger partial charge < -0.3 is 14.7 Å². The van der Waals surface area contributed by atoms with E-state index in [9.17, 15) is 0 Å². The fourth-order valence-corrected chi connectivity index (χ4v) is 3.81. The van der Waals surface area contributed by atoms with Crippen LogP contribution < -0.4 is 5.32 Å². The summed E-state index contributed by atoms with van der Waals surface area (Å²) in [5.74, 6) is 2.15. The predicted molar refractivity (Wildman–Crippen MR) is 102 cm³/mol. The Hall–Kier alpha value is -2.47. The Bertz CT molecular complexity index is 877. The van der Waals surface area contributed by atoms with E-state index < -0.39 is 0 Å². The van der Waals surface area contributed by atoms with E-state index in [-0.39, 0.29) is 0 Å². The van der Waals surface area contributed by atoms with Gasteiger partial charge in [-0.3, -0.25) is 0 Å². The summed E-state index contributed by atoms with van der Waals surface area (Å²) in [6, 6.07) is 10.9. The maximum absolute atomic E-state index is 5.28. The average molecular weight is 351 g/mol. The third-order valence-electron chi connectivity index (χ3n) is 5.12. The van der Waals surface area contributed by atoms with E-state index in [1.165, 1.54) is 18.4 Å². The zero-order valence-corrected chi connectivity index (χ0v) is 15.4. The molecule has 1 atom stereocenters. The van der Waals surface area contributed by atoms with Crippen molar-refractivity contribution < 1.29 is 4.52 Å². The van der Waals surface area contributed by atoms with Crippen molar-refractivity contribution in [3.05, 3.63) is 47.4 Å². The SMILES string of the molecule is Cc1nc(NCCN2CCCC(c3ccccc3)C2)c2c(C)noc2n1. The van der Waals surface area contributed by atoms with Crippen LogP contribution in [0.5, 0.6) is 0 Å². The highest BCUT2D eigenvalue weighted by molar-refractivity contribution is 5.87. The van der Waals surface area contributed by atoms with Crippen molar-refractivity contribution in [3.8, 4) is 0 Å². The highest BCUT2D eigenvalue weighted by Crippen LogP contribution is 2.27. The van der Waals surface area contributed by atoms with E-state index in [2.05, 4.69) is 55.7 Å². The zero-order chi connectivity index (χ0) is 17.9. The maximum Gasteiger partial charge on any atom is 0.263 e. The highest BCUT2D eigenvalue weighted by atomic mass is 16.5. The predicted octanol–water partition coefficient (Wildman–Crippen LogP) is 3.53. The normalized spacial score (nSPS) is 18.3. The molecule has 6 nitrogen and oxygen atoms in total. The van der Waals surface area contributed by atoms with Crippen LogP contribution in [0.25, 0.3) is 11.1 Å². The molecule has 1 unspecified atom stereocenters. The van der Waals surface area contributed by atoms with Crippen molar-refractivity contribution in [2.24, 2.45) is 0 Å². The van der Waals surface area contributed by atoms with E-state index in [0.29, 0.717) is 17.5 Å². The second kappa shape index (κ2) is 7.41. The third-order valence-corrected chi connectivity index (χ3v) is 5.12. The van der Waals surface area contributed by atoms with Crippen LogP contribution >= 0.6 is 0 Å². The van der Waals surface area contributed by atoms with E-state index in [1.807, 2.05) is 13.8 Å². The van der Waals surface area contributed by atoms with Gasteiger partial charge in [0.05, 0.1) is 5.69 Å². The van der Waals surface area contributed by atoms with Crippen LogP contribution in [0.3, 0.4) is 0 Å². The van der Waals surface area contributed by atoms with Crippen LogP contribution in [-0.4, -0.2) is 46.2 Å². The Balaban J connectivity index is 1.38. The van der Waals surface area contributed by atoms with Gasteiger partial charge in [-0.15, -0.1) is 0 Å². The molecular weight excluding hydrogens is 326 g/mol. The number of anilines is 1. The summed E-state index contributed by atoms with van der Waals surface area (Å²) in [6.45, 7) is 7.92. The van der Waals surface area contributed by atoms with Crippen LogP contribution in [0.2, 0.25) is 0 Å². The van der Waals surface area contributed by atoms with Crippen molar-refractivity contribution in [1.82, 2.24) is 20.0 Å². The van der Waals surface area contributed by atoms with Gasteiger partial charge in [0.2, 0.25) is 0 Å². The minimum atomic E-state index is 0.555. The van der Waals surface area contributed by atoms with Gasteiger partial charge in [0.1, 0.15) is 17.0 Å². The van der Waals surface area contributed by atoms with E-state index >= 15 is 0 Å². The summed E-state index contributed by atoms with van der Waals surface area (Å²) in [6.07, 6.45) is 2.53. The van der Waals surface area contributed by atoms with Crippen molar-refractivity contribution >= 4 is 16.9 Å². The molecule has 0 bridgehead atoms. The first-order valence-corrected chi connectivity index (χ1v) is 9.32. The van der Waals surface area contributed by atoms with Crippen molar-refractivity contribution in [3.63, 3.8) is 0 Å². The van der Waals surface area contributed by atoms with Gasteiger partial charge in [0.25, 0.3) is 5.71 Å². The van der Waals surface area contributed by atoms with Gasteiger partial charge in [-0.25, -0.2) is 4.98 Å². The molecule has 1 aliphatic heterocycles. The molecule has 1 aromatic carbocycles. The van der Waals surface area contributed by atoms with Gasteiger partial charge in [0, 0.05) is 19.6 Å². The summed E-state index contributed by atoms with van der Waals surface area (Å²) >= 11 is 0. The van der Waals surface area contributed by atoms with Gasteiger partial charge >= 0.3 is 0 Å². The largest absolute Gasteiger partial charge is 0.368 e. The summed E-state index contributed by atoms with van der Waals surface area (Å²) in [7, 11) is 0. The molecule has 0 radical (unpaired) electrons. The molecule has 26 heavy (non-hydrogen) atoms. The molecule has 1 aliphatic rings. The monoisotopic (exact) mass is 351 g/mol. The van der Waals surface area contributed by atoms with Crippen LogP contribution in [0.15, 0.2) is 34.9 Å². The zero-order valence-electron chi connectivity index (χ0n) is 15.4. The molecule has 6 heteroatoms. The number of hydrogen-bond acceptors (Lipinski definition) is 6. The van der Waals surface area contributed by atoms with Crippen LogP contribution in [-0.2, 0) is 0 Å². The lowest BCUT2D eigenvalue weighted by atomic mass is 9.91. The standard InChI is InChI=1S/C20H25N5O/c1-14-18-19(22-15(2)23-20(18)26-24-14)21-10-12-25-11-6-9-17(13-25)16-7-4-3-5-8-16/h3-5,7-8,17H,6,9-13H2,1-2H3,(H,21,22,23). The number of nitrogens with zero attached hydrogens (tertiary/aromatic N) is 4. The molecular formula is C20H25N5O. The van der Waals surface area contributed by atoms with Crippen LogP contribution in [0.1, 0.15) is 35.8 Å². The first-order valence-electron chi connectivity index (χ1n) is 9.32. The molecule has 3 heterocycles. The molecule has 3 aromatic rings. The van der Waals surface area contributed by atoms with Crippen LogP contribution in [0, 0.1) is 13.8 Å². The summed E-state index contributed by atoms with van der Waals surface area (Å²) in [4.78, 5) is 11.4. The summed E-state index contributed by atoms with van der Waals surface area (Å²) < 4.78 is 5.28. The molecule has 2 aromatic heterocycles. The lowest BCUT2D eigenvalue weighted by Gasteiger charge is -2.33. The number of likely N-dealkylation sites (tertiary alicyclic amines) is 1. The first-order chi connectivity index (χ1) is 12.7. The van der Waals surface area contributed by atoms with E-state index in [4.69, 9.17) is 4.52 Å². The Morgan fingerprint density at radius 1 is 1.19 bits per heavy atom. The topological polar surface area (TPSA) is 67.1 Å². The molecule has 0 saturated carbocycles. The smallest absolute Gasteiger partial charge is 0.263 e. The number of benzene rings is 1. The molecule has 1 saturated heterocycles. The number of aromatic nitrogens is 3. The fraction of sp³-hybridized carbons (Fsp3) is 0.450. The fourth-order valence-electron chi connectivity index (χ4n) is 3.81. The molecule has 136 valence electrons. The average Bonchev–Trinajstić information content (AvgIpc) is 3.03. The molecule has 1 N–H and O–H groups in total. The molecule has 0 spiro atoms. The highest BCUT2D eigenvalue weighted by Gasteiger charge is 2.21. The number of nitrogens with one attached hydrogen (secondary N) is 1. The lowest BCUT2D eigenvalue weighted by molar-refractivity contribution is 0.215. The first kappa shape index (κ1) is 17.0. The van der Waals surface area contributed by atoms with E-state index in [0.717, 1.165) is 43.1 Å². The van der Waals surface area contributed by atoms with Gasteiger partial charge in [-0.2, -0.15) is 4.98 Å². The molecule has 1 fully saturated rings. The van der Waals surface area contributed by atoms with Crippen molar-refractivity contribution in [2.75, 3.05) is 31.5 Å². The number of rotatable bonds is 5.